The van der Waals surface area contributed by atoms with Gasteiger partial charge in [-0.05, 0) is 45.9 Å². The second-order valence-corrected chi connectivity index (χ2v) is 13.3. The molecule has 0 spiro atoms. The van der Waals surface area contributed by atoms with Crippen molar-refractivity contribution in [3.8, 4) is 5.75 Å². The first-order chi connectivity index (χ1) is 21.2. The van der Waals surface area contributed by atoms with Crippen LogP contribution in [0.1, 0.15) is 55.1 Å². The third-order valence-electron chi connectivity index (χ3n) is 9.76. The van der Waals surface area contributed by atoms with Crippen LogP contribution in [0.3, 0.4) is 0 Å². The van der Waals surface area contributed by atoms with E-state index in [9.17, 15) is 4.79 Å². The van der Waals surface area contributed by atoms with Gasteiger partial charge in [0.2, 0.25) is 0 Å². The molecule has 5 heterocycles. The fourth-order valence-corrected chi connectivity index (χ4v) is 7.75. The van der Waals surface area contributed by atoms with E-state index in [4.69, 9.17) is 33.7 Å². The van der Waals surface area contributed by atoms with Gasteiger partial charge in [0, 0.05) is 39.3 Å². The van der Waals surface area contributed by atoms with Crippen LogP contribution in [0.15, 0.2) is 72.8 Å². The summed E-state index contributed by atoms with van der Waals surface area (Å²) in [5.74, 6) is -0.0659. The predicted octanol–water partition coefficient (Wildman–Crippen LogP) is 6.31. The van der Waals surface area contributed by atoms with Gasteiger partial charge < -0.3 is 23.7 Å². The Balaban J connectivity index is 1.26. The van der Waals surface area contributed by atoms with Gasteiger partial charge in [-0.3, -0.25) is 4.79 Å². The van der Waals surface area contributed by atoms with E-state index in [-0.39, 0.29) is 35.9 Å². The molecular weight excluding hydrogens is 556 g/mol. The normalized spacial score (nSPS) is 29.5. The van der Waals surface area contributed by atoms with Crippen molar-refractivity contribution in [2.24, 2.45) is 5.92 Å². The monoisotopic (exact) mass is 588 g/mol. The minimum absolute atomic E-state index is 0.00387. The lowest BCUT2D eigenvalue weighted by molar-refractivity contribution is -0.240. The van der Waals surface area contributed by atoms with Crippen molar-refractivity contribution in [3.05, 3.63) is 89.5 Å². The second-order valence-electron chi connectivity index (χ2n) is 13.3. The minimum Gasteiger partial charge on any atom is -0.486 e. The Morgan fingerprint density at radius 2 is 1.52 bits per heavy atom. The SMILES string of the molecule is CC1(C)O[C@H]2O[C@H]3[C@H](OC[C@H]4[C@@H]3c3c(c5ccccc5c5nc6cc(C(=O)c7ccccc7)ccc6nc35)OC4(C)C)[C@H]2O1. The molecule has 0 amide bonds. The van der Waals surface area contributed by atoms with Crippen molar-refractivity contribution in [1.82, 2.24) is 9.97 Å². The lowest BCUT2D eigenvalue weighted by Gasteiger charge is -2.51. The number of benzene rings is 4. The summed E-state index contributed by atoms with van der Waals surface area (Å²) in [5, 5.41) is 1.92. The molecule has 9 rings (SSSR count). The van der Waals surface area contributed by atoms with Crippen LogP contribution in [-0.4, -0.2) is 58.3 Å². The third-order valence-corrected chi connectivity index (χ3v) is 9.76. The minimum atomic E-state index is -0.735. The molecule has 222 valence electrons. The van der Waals surface area contributed by atoms with Gasteiger partial charge in [0.05, 0.1) is 34.8 Å². The Hall–Kier alpha value is -3.95. The number of ketones is 1. The summed E-state index contributed by atoms with van der Waals surface area (Å²) >= 11 is 0. The van der Waals surface area contributed by atoms with E-state index in [1.807, 2.05) is 74.5 Å². The number of fused-ring (bicyclic) bond motifs is 13. The van der Waals surface area contributed by atoms with E-state index in [0.717, 1.165) is 33.1 Å². The fraction of sp³-hybridized carbons (Fsp3) is 0.361. The van der Waals surface area contributed by atoms with Gasteiger partial charge >= 0.3 is 0 Å². The summed E-state index contributed by atoms with van der Waals surface area (Å²) in [4.78, 5) is 23.7. The van der Waals surface area contributed by atoms with E-state index in [1.165, 1.54) is 0 Å². The number of carbonyl (C=O) groups excluding carboxylic acids is 1. The maximum atomic E-state index is 13.3. The van der Waals surface area contributed by atoms with Crippen molar-refractivity contribution in [2.75, 3.05) is 6.61 Å². The Labute approximate surface area is 254 Å². The molecule has 1 aromatic heterocycles. The smallest absolute Gasteiger partial charge is 0.193 e. The molecule has 3 fully saturated rings. The number of aromatic nitrogens is 2. The van der Waals surface area contributed by atoms with Gasteiger partial charge in [-0.15, -0.1) is 0 Å². The average molecular weight is 589 g/mol. The molecule has 3 saturated heterocycles. The number of nitrogens with zero attached hydrogens (tertiary/aromatic N) is 2. The Morgan fingerprint density at radius 1 is 0.773 bits per heavy atom. The van der Waals surface area contributed by atoms with Crippen molar-refractivity contribution in [3.63, 3.8) is 0 Å². The average Bonchev–Trinajstić information content (AvgIpc) is 3.51. The molecule has 44 heavy (non-hydrogen) atoms. The third kappa shape index (κ3) is 3.75. The maximum absolute atomic E-state index is 13.3. The van der Waals surface area contributed by atoms with Crippen LogP contribution in [0.4, 0.5) is 0 Å². The molecule has 0 radical (unpaired) electrons. The van der Waals surface area contributed by atoms with E-state index in [1.54, 1.807) is 0 Å². The lowest BCUT2D eigenvalue weighted by atomic mass is 9.68. The number of hydrogen-bond donors (Lipinski definition) is 0. The summed E-state index contributed by atoms with van der Waals surface area (Å²) in [6, 6.07) is 23.0. The Kier molecular flexibility index (Phi) is 5.44. The first-order valence-corrected chi connectivity index (χ1v) is 15.3. The van der Waals surface area contributed by atoms with E-state index >= 15 is 0 Å². The molecule has 4 aliphatic heterocycles. The van der Waals surface area contributed by atoms with Crippen molar-refractivity contribution < 1.29 is 28.5 Å². The summed E-state index contributed by atoms with van der Waals surface area (Å²) in [5.41, 5.74) is 4.59. The summed E-state index contributed by atoms with van der Waals surface area (Å²) in [6.45, 7) is 8.55. The number of rotatable bonds is 2. The summed E-state index contributed by atoms with van der Waals surface area (Å²) < 4.78 is 32.5. The Bertz CT molecular complexity index is 2010. The van der Waals surface area contributed by atoms with Crippen LogP contribution < -0.4 is 4.74 Å². The topological polar surface area (TPSA) is 89.0 Å². The second kappa shape index (κ2) is 9.05. The van der Waals surface area contributed by atoms with Gasteiger partial charge in [-0.2, -0.15) is 0 Å². The molecule has 0 saturated carbocycles. The standard InChI is InChI=1S/C36H32N2O6/c1-35(2)22-17-40-32-31(41-34-33(32)43-36(3,4)44-34)25(22)26-28-27(20-12-8-9-13-21(20)30(26)42-35)38-24-16-19(14-15-23(24)37-28)29(39)18-10-6-5-7-11-18/h5-16,22,25,31-34H,17H2,1-4H3/t22-,25+,31+,32-,33+,34+/m0/s1. The van der Waals surface area contributed by atoms with E-state index < -0.39 is 17.7 Å². The van der Waals surface area contributed by atoms with Crippen molar-refractivity contribution in [1.29, 1.82) is 0 Å². The first-order valence-electron chi connectivity index (χ1n) is 15.3. The van der Waals surface area contributed by atoms with Crippen LogP contribution in [0.25, 0.3) is 32.8 Å². The van der Waals surface area contributed by atoms with Crippen molar-refractivity contribution >= 4 is 38.6 Å². The van der Waals surface area contributed by atoms with Gasteiger partial charge in [0.1, 0.15) is 23.6 Å². The molecule has 8 nitrogen and oxygen atoms in total. The highest BCUT2D eigenvalue weighted by Crippen LogP contribution is 2.57. The van der Waals surface area contributed by atoms with Crippen LogP contribution >= 0.6 is 0 Å². The van der Waals surface area contributed by atoms with Crippen LogP contribution in [0.2, 0.25) is 0 Å². The number of hydrogen-bond acceptors (Lipinski definition) is 8. The maximum Gasteiger partial charge on any atom is 0.193 e. The summed E-state index contributed by atoms with van der Waals surface area (Å²) in [7, 11) is 0. The van der Waals surface area contributed by atoms with Crippen LogP contribution in [0.5, 0.6) is 5.75 Å². The quantitative estimate of drug-likeness (QED) is 0.135. The lowest BCUT2D eigenvalue weighted by Crippen LogP contribution is -2.57. The van der Waals surface area contributed by atoms with Crippen LogP contribution in [-0.2, 0) is 18.9 Å². The molecule has 6 atom stereocenters. The highest BCUT2D eigenvalue weighted by Gasteiger charge is 2.63. The van der Waals surface area contributed by atoms with Gasteiger partial charge in [-0.1, -0.05) is 54.6 Å². The largest absolute Gasteiger partial charge is 0.486 e. The van der Waals surface area contributed by atoms with Gasteiger partial charge in [-0.25, -0.2) is 9.97 Å². The van der Waals surface area contributed by atoms with Gasteiger partial charge in [0.15, 0.2) is 17.9 Å². The van der Waals surface area contributed by atoms with Gasteiger partial charge in [0.25, 0.3) is 0 Å². The molecule has 4 aliphatic rings. The zero-order chi connectivity index (χ0) is 30.0. The molecule has 0 bridgehead atoms. The molecule has 0 aliphatic carbocycles. The van der Waals surface area contributed by atoms with Crippen molar-refractivity contribution in [2.45, 2.75) is 69.6 Å². The first kappa shape index (κ1) is 26.5. The highest BCUT2D eigenvalue weighted by molar-refractivity contribution is 6.13. The molecule has 5 aromatic rings. The molecular formula is C36H32N2O6. The molecule has 8 heteroatoms. The fourth-order valence-electron chi connectivity index (χ4n) is 7.75. The number of ether oxygens (including phenoxy) is 5. The number of carbonyl (C=O) groups is 1. The van der Waals surface area contributed by atoms with Crippen LogP contribution in [0, 0.1) is 5.92 Å². The zero-order valence-corrected chi connectivity index (χ0v) is 24.9. The highest BCUT2D eigenvalue weighted by atomic mass is 16.8. The Morgan fingerprint density at radius 3 is 2.34 bits per heavy atom. The zero-order valence-electron chi connectivity index (χ0n) is 24.9. The van der Waals surface area contributed by atoms with E-state index in [0.29, 0.717) is 28.8 Å². The van der Waals surface area contributed by atoms with E-state index in [2.05, 4.69) is 26.0 Å². The molecule has 0 unspecified atom stereocenters. The molecule has 4 aromatic carbocycles. The molecule has 0 N–H and O–H groups in total. The predicted molar refractivity (Wildman–Crippen MR) is 164 cm³/mol. The summed E-state index contributed by atoms with van der Waals surface area (Å²) in [6.07, 6.45) is -1.42.